The van der Waals surface area contributed by atoms with Crippen molar-refractivity contribution in [3.8, 4) is 0 Å². The van der Waals surface area contributed by atoms with Gasteiger partial charge in [0.25, 0.3) is 0 Å². The topological polar surface area (TPSA) is 70.2 Å². The van der Waals surface area contributed by atoms with Crippen LogP contribution >= 0.6 is 0 Å². The summed E-state index contributed by atoms with van der Waals surface area (Å²) in [5.41, 5.74) is 3.75. The van der Waals surface area contributed by atoms with E-state index in [9.17, 15) is 4.79 Å². The predicted molar refractivity (Wildman–Crippen MR) is 112 cm³/mol. The molecule has 0 saturated carbocycles. The molecule has 1 fully saturated rings. The Morgan fingerprint density at radius 3 is 2.86 bits per heavy atom. The summed E-state index contributed by atoms with van der Waals surface area (Å²) >= 11 is 0. The summed E-state index contributed by atoms with van der Waals surface area (Å²) in [5, 5.41) is 15.0. The van der Waals surface area contributed by atoms with E-state index < -0.39 is 0 Å². The number of benzene rings is 2. The number of hydrogen-bond donors (Lipinski definition) is 2. The van der Waals surface area contributed by atoms with E-state index in [0.29, 0.717) is 12.5 Å². The van der Waals surface area contributed by atoms with Gasteiger partial charge in [0.2, 0.25) is 0 Å². The van der Waals surface area contributed by atoms with Crippen molar-refractivity contribution in [2.24, 2.45) is 0 Å². The third-order valence-corrected chi connectivity index (χ3v) is 5.26. The third kappa shape index (κ3) is 4.28. The van der Waals surface area contributed by atoms with E-state index in [1.807, 2.05) is 31.2 Å². The first-order valence-corrected chi connectivity index (χ1v) is 9.74. The minimum Gasteiger partial charge on any atom is -0.337 e. The van der Waals surface area contributed by atoms with Crippen molar-refractivity contribution in [2.75, 3.05) is 31.5 Å². The number of carbonyl (C=O) groups excluding carboxylic acids is 1. The molecule has 28 heavy (non-hydrogen) atoms. The predicted octanol–water partition coefficient (Wildman–Crippen LogP) is 3.55. The summed E-state index contributed by atoms with van der Waals surface area (Å²) in [6, 6.07) is 18.1. The van der Waals surface area contributed by atoms with Crippen LogP contribution in [0.3, 0.4) is 0 Å². The van der Waals surface area contributed by atoms with Gasteiger partial charge in [0.15, 0.2) is 0 Å². The number of urea groups is 1. The molecular formula is C22H25N5O. The molecule has 1 aromatic heterocycles. The largest absolute Gasteiger partial charge is 0.337 e. The van der Waals surface area contributed by atoms with Crippen LogP contribution in [0, 0.1) is 6.92 Å². The molecular weight excluding hydrogens is 350 g/mol. The summed E-state index contributed by atoms with van der Waals surface area (Å²) < 4.78 is 0. The van der Waals surface area contributed by atoms with Crippen molar-refractivity contribution >= 4 is 22.6 Å². The lowest BCUT2D eigenvalue weighted by Gasteiger charge is -2.17. The smallest absolute Gasteiger partial charge is 0.319 e. The molecule has 1 atom stereocenters. The maximum Gasteiger partial charge on any atom is 0.319 e. The van der Waals surface area contributed by atoms with Crippen molar-refractivity contribution in [1.29, 1.82) is 0 Å². The van der Waals surface area contributed by atoms with Crippen LogP contribution < -0.4 is 10.6 Å². The Labute approximate surface area is 165 Å². The fourth-order valence-corrected chi connectivity index (χ4v) is 3.80. The van der Waals surface area contributed by atoms with Gasteiger partial charge in [-0.2, -0.15) is 10.2 Å². The Morgan fingerprint density at radius 2 is 2.00 bits per heavy atom. The van der Waals surface area contributed by atoms with E-state index in [1.165, 1.54) is 12.0 Å². The molecule has 1 aliphatic rings. The molecule has 0 spiro atoms. The van der Waals surface area contributed by atoms with Gasteiger partial charge in [0.05, 0.1) is 16.9 Å². The van der Waals surface area contributed by atoms with Gasteiger partial charge in [-0.3, -0.25) is 0 Å². The molecule has 2 N–H and O–H groups in total. The molecule has 6 heteroatoms. The second-order valence-electron chi connectivity index (χ2n) is 7.30. The number of nitrogens with zero attached hydrogens (tertiary/aromatic N) is 3. The number of hydrogen-bond acceptors (Lipinski definition) is 4. The maximum atomic E-state index is 12.3. The molecule has 1 aliphatic heterocycles. The molecule has 2 aromatic carbocycles. The van der Waals surface area contributed by atoms with Gasteiger partial charge < -0.3 is 15.5 Å². The van der Waals surface area contributed by atoms with Crippen molar-refractivity contribution in [2.45, 2.75) is 19.3 Å². The molecule has 2 heterocycles. The van der Waals surface area contributed by atoms with E-state index >= 15 is 0 Å². The zero-order valence-electron chi connectivity index (χ0n) is 16.1. The van der Waals surface area contributed by atoms with Gasteiger partial charge in [-0.1, -0.05) is 36.4 Å². The van der Waals surface area contributed by atoms with Crippen LogP contribution in [0.15, 0.2) is 54.6 Å². The second kappa shape index (κ2) is 8.35. The molecule has 0 aliphatic carbocycles. The standard InChI is InChI=1S/C22H25N5O/c1-16-14-19-20(8-5-9-21(19)26-25-16)24-22(28)23-11-13-27-12-10-18(15-27)17-6-3-2-4-7-17/h2-9,14,18H,10-13,15H2,1H3,(H2,23,24,28)/t18-/m1/s1. The molecule has 3 aromatic rings. The zero-order chi connectivity index (χ0) is 19.3. The van der Waals surface area contributed by atoms with Crippen molar-refractivity contribution in [3.05, 3.63) is 65.9 Å². The zero-order valence-corrected chi connectivity index (χ0v) is 16.1. The first-order chi connectivity index (χ1) is 13.7. The van der Waals surface area contributed by atoms with Gasteiger partial charge in [-0.25, -0.2) is 4.79 Å². The molecule has 144 valence electrons. The van der Waals surface area contributed by atoms with Gasteiger partial charge in [-0.15, -0.1) is 0 Å². The number of likely N-dealkylation sites (tertiary alicyclic amines) is 1. The van der Waals surface area contributed by atoms with Crippen LogP contribution in [-0.2, 0) is 0 Å². The SMILES string of the molecule is Cc1cc2c(NC(=O)NCCN3CC[C@@H](c4ccccc4)C3)cccc2nn1. The average Bonchev–Trinajstić information content (AvgIpc) is 3.18. The summed E-state index contributed by atoms with van der Waals surface area (Å²) in [5.74, 6) is 0.593. The van der Waals surface area contributed by atoms with Crippen molar-refractivity contribution in [3.63, 3.8) is 0 Å². The highest BCUT2D eigenvalue weighted by Crippen LogP contribution is 2.26. The molecule has 4 rings (SSSR count). The highest BCUT2D eigenvalue weighted by molar-refractivity contribution is 6.00. The van der Waals surface area contributed by atoms with Crippen molar-refractivity contribution in [1.82, 2.24) is 20.4 Å². The fourth-order valence-electron chi connectivity index (χ4n) is 3.80. The first kappa shape index (κ1) is 18.4. The number of anilines is 1. The van der Waals surface area contributed by atoms with Crippen LogP contribution in [0.25, 0.3) is 10.9 Å². The lowest BCUT2D eigenvalue weighted by atomic mass is 9.99. The molecule has 0 unspecified atom stereocenters. The van der Waals surface area contributed by atoms with Crippen LogP contribution in [0.2, 0.25) is 0 Å². The molecule has 6 nitrogen and oxygen atoms in total. The van der Waals surface area contributed by atoms with E-state index in [1.54, 1.807) is 0 Å². The molecule has 0 radical (unpaired) electrons. The Hall–Kier alpha value is -2.99. The highest BCUT2D eigenvalue weighted by atomic mass is 16.2. The van der Waals surface area contributed by atoms with Crippen molar-refractivity contribution < 1.29 is 4.79 Å². The summed E-state index contributed by atoms with van der Waals surface area (Å²) in [6.07, 6.45) is 1.17. The Kier molecular flexibility index (Phi) is 5.48. The number of nitrogens with one attached hydrogen (secondary N) is 2. The first-order valence-electron chi connectivity index (χ1n) is 9.74. The summed E-state index contributed by atoms with van der Waals surface area (Å²) in [6.45, 7) is 5.49. The normalized spacial score (nSPS) is 17.0. The Bertz CT molecular complexity index is 960. The summed E-state index contributed by atoms with van der Waals surface area (Å²) in [7, 11) is 0. The number of aryl methyl sites for hydroxylation is 1. The van der Waals surface area contributed by atoms with E-state index in [-0.39, 0.29) is 6.03 Å². The van der Waals surface area contributed by atoms with Gasteiger partial charge in [0, 0.05) is 25.0 Å². The minimum absolute atomic E-state index is 0.194. The number of fused-ring (bicyclic) bond motifs is 1. The lowest BCUT2D eigenvalue weighted by Crippen LogP contribution is -2.36. The quantitative estimate of drug-likeness (QED) is 0.715. The third-order valence-electron chi connectivity index (χ3n) is 5.26. The number of aromatic nitrogens is 2. The summed E-state index contributed by atoms with van der Waals surface area (Å²) in [4.78, 5) is 14.7. The van der Waals surface area contributed by atoms with E-state index in [2.05, 4.69) is 56.1 Å². The maximum absolute atomic E-state index is 12.3. The lowest BCUT2D eigenvalue weighted by molar-refractivity contribution is 0.249. The van der Waals surface area contributed by atoms with Gasteiger partial charge in [0.1, 0.15) is 0 Å². The van der Waals surface area contributed by atoms with Crippen LogP contribution in [0.4, 0.5) is 10.5 Å². The van der Waals surface area contributed by atoms with Crippen LogP contribution in [0.1, 0.15) is 23.6 Å². The number of rotatable bonds is 5. The number of amides is 2. The van der Waals surface area contributed by atoms with Gasteiger partial charge in [-0.05, 0) is 49.6 Å². The molecule has 0 bridgehead atoms. The minimum atomic E-state index is -0.194. The van der Waals surface area contributed by atoms with Gasteiger partial charge >= 0.3 is 6.03 Å². The molecule has 2 amide bonds. The van der Waals surface area contributed by atoms with Crippen LogP contribution in [-0.4, -0.2) is 47.3 Å². The Morgan fingerprint density at radius 1 is 1.14 bits per heavy atom. The second-order valence-corrected chi connectivity index (χ2v) is 7.30. The molecule has 1 saturated heterocycles. The highest BCUT2D eigenvalue weighted by Gasteiger charge is 2.23. The average molecular weight is 375 g/mol. The Balaban J connectivity index is 1.27. The number of carbonyl (C=O) groups is 1. The van der Waals surface area contributed by atoms with E-state index in [4.69, 9.17) is 0 Å². The van der Waals surface area contributed by atoms with Crippen LogP contribution in [0.5, 0.6) is 0 Å². The van der Waals surface area contributed by atoms with E-state index in [0.717, 1.165) is 41.9 Å². The fraction of sp³-hybridized carbons (Fsp3) is 0.318. The monoisotopic (exact) mass is 375 g/mol.